The van der Waals surface area contributed by atoms with E-state index in [9.17, 15) is 0 Å². The third kappa shape index (κ3) is 3.14. The lowest BCUT2D eigenvalue weighted by Gasteiger charge is -2.21. The van der Waals surface area contributed by atoms with Gasteiger partial charge < -0.3 is 14.2 Å². The normalized spacial score (nSPS) is 32.4. The van der Waals surface area contributed by atoms with Crippen molar-refractivity contribution in [3.8, 4) is 0 Å². The first-order valence-electron chi connectivity index (χ1n) is 6.73. The highest BCUT2D eigenvalue weighted by Crippen LogP contribution is 2.41. The molecule has 0 spiro atoms. The van der Waals surface area contributed by atoms with Crippen LogP contribution in [0.4, 0.5) is 0 Å². The molecule has 104 valence electrons. The number of fused-ring (bicyclic) bond motifs is 1. The Hall–Kier alpha value is -0.550. The molecule has 0 unspecified atom stereocenters. The van der Waals surface area contributed by atoms with Crippen LogP contribution >= 0.6 is 11.8 Å². The molecule has 2 fully saturated rings. The molecular weight excluding hydrogens is 260 g/mol. The van der Waals surface area contributed by atoms with Gasteiger partial charge in [0.25, 0.3) is 0 Å². The van der Waals surface area contributed by atoms with E-state index in [2.05, 4.69) is 12.1 Å². The summed E-state index contributed by atoms with van der Waals surface area (Å²) in [7, 11) is 0. The Labute approximate surface area is 118 Å². The highest BCUT2D eigenvalue weighted by molar-refractivity contribution is 8.00. The molecule has 4 heteroatoms. The maximum absolute atomic E-state index is 5.97. The van der Waals surface area contributed by atoms with Crippen LogP contribution in [0.2, 0.25) is 0 Å². The summed E-state index contributed by atoms with van der Waals surface area (Å²) in [6, 6.07) is 10.3. The molecule has 2 heterocycles. The van der Waals surface area contributed by atoms with Crippen LogP contribution in [0.15, 0.2) is 30.3 Å². The molecule has 1 aromatic rings. The molecule has 2 aliphatic heterocycles. The van der Waals surface area contributed by atoms with E-state index in [1.807, 2.05) is 43.8 Å². The second-order valence-electron chi connectivity index (χ2n) is 5.51. The molecule has 0 saturated carbocycles. The number of ether oxygens (including phenoxy) is 3. The Morgan fingerprint density at radius 1 is 1.26 bits per heavy atom. The summed E-state index contributed by atoms with van der Waals surface area (Å²) in [6.07, 6.45) is 0.404. The van der Waals surface area contributed by atoms with Crippen molar-refractivity contribution in [1.29, 1.82) is 0 Å². The average molecular weight is 280 g/mol. The minimum absolute atomic E-state index is 0.177. The number of thioether (sulfide) groups is 1. The first-order valence-corrected chi connectivity index (χ1v) is 7.78. The third-order valence-corrected chi connectivity index (χ3v) is 4.81. The Morgan fingerprint density at radius 2 is 2.05 bits per heavy atom. The predicted molar refractivity (Wildman–Crippen MR) is 76.2 cm³/mol. The highest BCUT2D eigenvalue weighted by atomic mass is 32.2. The summed E-state index contributed by atoms with van der Waals surface area (Å²) < 4.78 is 17.7. The van der Waals surface area contributed by atoms with Crippen LogP contribution in [-0.2, 0) is 20.8 Å². The van der Waals surface area contributed by atoms with Gasteiger partial charge in [-0.3, -0.25) is 0 Å². The molecule has 3 rings (SSSR count). The van der Waals surface area contributed by atoms with Gasteiger partial charge in [0.1, 0.15) is 6.10 Å². The van der Waals surface area contributed by atoms with E-state index in [1.165, 1.54) is 5.56 Å². The largest absolute Gasteiger partial charge is 0.376 e. The Morgan fingerprint density at radius 3 is 2.84 bits per heavy atom. The van der Waals surface area contributed by atoms with Gasteiger partial charge in [0.15, 0.2) is 5.79 Å². The molecule has 2 aliphatic rings. The molecule has 0 amide bonds. The number of hydrogen-bond donors (Lipinski definition) is 0. The van der Waals surface area contributed by atoms with Crippen LogP contribution in [0.25, 0.3) is 0 Å². The van der Waals surface area contributed by atoms with Crippen LogP contribution in [0.1, 0.15) is 19.4 Å². The monoisotopic (exact) mass is 280 g/mol. The molecule has 0 bridgehead atoms. The lowest BCUT2D eigenvalue weighted by atomic mass is 10.2. The van der Waals surface area contributed by atoms with Gasteiger partial charge in [0.05, 0.1) is 24.6 Å². The number of hydrogen-bond acceptors (Lipinski definition) is 4. The predicted octanol–water partition coefficient (Wildman–Crippen LogP) is 2.84. The molecule has 2 saturated heterocycles. The van der Waals surface area contributed by atoms with Gasteiger partial charge in [-0.25, -0.2) is 0 Å². The fourth-order valence-corrected chi connectivity index (χ4v) is 3.94. The molecule has 3 atom stereocenters. The van der Waals surface area contributed by atoms with Gasteiger partial charge >= 0.3 is 0 Å². The molecule has 0 radical (unpaired) electrons. The summed E-state index contributed by atoms with van der Waals surface area (Å²) in [5.74, 6) is 0.571. The zero-order valence-electron chi connectivity index (χ0n) is 11.4. The second kappa shape index (κ2) is 5.44. The number of rotatable bonds is 4. The summed E-state index contributed by atoms with van der Waals surface area (Å²) in [6.45, 7) is 5.36. The molecule has 1 aromatic carbocycles. The highest BCUT2D eigenvalue weighted by Gasteiger charge is 2.49. The van der Waals surface area contributed by atoms with Gasteiger partial charge in [-0.1, -0.05) is 30.3 Å². The fraction of sp³-hybridized carbons (Fsp3) is 0.600. The molecule has 3 nitrogen and oxygen atoms in total. The van der Waals surface area contributed by atoms with E-state index >= 15 is 0 Å². The van der Waals surface area contributed by atoms with Gasteiger partial charge in [0, 0.05) is 5.75 Å². The van der Waals surface area contributed by atoms with Crippen LogP contribution < -0.4 is 0 Å². The third-order valence-electron chi connectivity index (χ3n) is 3.46. The fourth-order valence-electron chi connectivity index (χ4n) is 2.63. The first kappa shape index (κ1) is 13.4. The van der Waals surface area contributed by atoms with E-state index in [0.717, 1.165) is 12.4 Å². The Balaban J connectivity index is 1.49. The van der Waals surface area contributed by atoms with Crippen molar-refractivity contribution < 1.29 is 14.2 Å². The van der Waals surface area contributed by atoms with Crippen molar-refractivity contribution >= 4 is 11.8 Å². The summed E-state index contributed by atoms with van der Waals surface area (Å²) in [4.78, 5) is 0. The zero-order valence-corrected chi connectivity index (χ0v) is 12.2. The number of benzene rings is 1. The van der Waals surface area contributed by atoms with Gasteiger partial charge in [-0.05, 0) is 19.4 Å². The van der Waals surface area contributed by atoms with Crippen molar-refractivity contribution in [2.24, 2.45) is 0 Å². The molecule has 0 N–H and O–H groups in total. The molecule has 0 aromatic heterocycles. The van der Waals surface area contributed by atoms with Crippen LogP contribution in [0.5, 0.6) is 0 Å². The maximum atomic E-state index is 5.97. The minimum atomic E-state index is -0.437. The van der Waals surface area contributed by atoms with Crippen molar-refractivity contribution in [2.75, 3.05) is 12.4 Å². The van der Waals surface area contributed by atoms with E-state index in [-0.39, 0.29) is 12.2 Å². The lowest BCUT2D eigenvalue weighted by Crippen LogP contribution is -2.30. The van der Waals surface area contributed by atoms with Crippen molar-refractivity contribution in [1.82, 2.24) is 0 Å². The second-order valence-corrected chi connectivity index (χ2v) is 6.78. The van der Waals surface area contributed by atoms with Crippen LogP contribution in [0, 0.1) is 0 Å². The maximum Gasteiger partial charge on any atom is 0.163 e. The molecule has 19 heavy (non-hydrogen) atoms. The smallest absolute Gasteiger partial charge is 0.163 e. The summed E-state index contributed by atoms with van der Waals surface area (Å²) >= 11 is 1.90. The molecular formula is C15H20O3S. The Bertz CT molecular complexity index is 421. The quantitative estimate of drug-likeness (QED) is 0.847. The van der Waals surface area contributed by atoms with E-state index in [0.29, 0.717) is 11.9 Å². The summed E-state index contributed by atoms with van der Waals surface area (Å²) in [5, 5.41) is 0.385. The van der Waals surface area contributed by atoms with Crippen LogP contribution in [0.3, 0.4) is 0 Å². The minimum Gasteiger partial charge on any atom is -0.376 e. The van der Waals surface area contributed by atoms with E-state index in [1.54, 1.807) is 0 Å². The van der Waals surface area contributed by atoms with Crippen molar-refractivity contribution in [3.05, 3.63) is 35.9 Å². The topological polar surface area (TPSA) is 27.7 Å². The van der Waals surface area contributed by atoms with Gasteiger partial charge in [-0.2, -0.15) is 11.8 Å². The van der Waals surface area contributed by atoms with Gasteiger partial charge in [0.2, 0.25) is 0 Å². The van der Waals surface area contributed by atoms with E-state index < -0.39 is 5.79 Å². The van der Waals surface area contributed by atoms with Crippen molar-refractivity contribution in [2.45, 2.75) is 43.7 Å². The Kier molecular flexibility index (Phi) is 3.85. The standard InChI is InChI=1S/C15H20O3S/c1-15(2)17-12-10-19-13(14(12)18-15)9-16-8-11-6-4-3-5-7-11/h3-7,12-14H,8-10H2,1-2H3/t12-,13+,14-/m0/s1. The van der Waals surface area contributed by atoms with Gasteiger partial charge in [-0.15, -0.1) is 0 Å². The lowest BCUT2D eigenvalue weighted by molar-refractivity contribution is -0.146. The van der Waals surface area contributed by atoms with Crippen LogP contribution in [-0.4, -0.2) is 35.6 Å². The van der Waals surface area contributed by atoms with E-state index in [4.69, 9.17) is 14.2 Å². The first-order chi connectivity index (χ1) is 9.14. The average Bonchev–Trinajstić information content (AvgIpc) is 2.87. The molecule has 0 aliphatic carbocycles. The zero-order chi connectivity index (χ0) is 13.3. The SMILES string of the molecule is CC1(C)O[C@H]2[C@H](CS[C@@H]2COCc2ccccc2)O1. The van der Waals surface area contributed by atoms with Crippen molar-refractivity contribution in [3.63, 3.8) is 0 Å². The summed E-state index contributed by atoms with van der Waals surface area (Å²) in [5.41, 5.74) is 1.21.